The summed E-state index contributed by atoms with van der Waals surface area (Å²) in [6.45, 7) is 7.75. The van der Waals surface area contributed by atoms with E-state index in [9.17, 15) is 4.79 Å². The smallest absolute Gasteiger partial charge is 0.274 e. The quantitative estimate of drug-likeness (QED) is 0.916. The molecule has 1 saturated heterocycles. The molecule has 0 bridgehead atoms. The highest BCUT2D eigenvalue weighted by Crippen LogP contribution is 2.24. The molecule has 2 unspecified atom stereocenters. The highest BCUT2D eigenvalue weighted by molar-refractivity contribution is 5.92. The van der Waals surface area contributed by atoms with Crippen molar-refractivity contribution >= 4 is 5.91 Å². The molecule has 1 amide bonds. The lowest BCUT2D eigenvalue weighted by molar-refractivity contribution is 0.0567. The van der Waals surface area contributed by atoms with Crippen LogP contribution in [0.5, 0.6) is 0 Å². The summed E-state index contributed by atoms with van der Waals surface area (Å²) in [7, 11) is 1.89. The fourth-order valence-corrected chi connectivity index (χ4v) is 3.02. The molecule has 2 rings (SSSR count). The number of aromatic nitrogens is 2. The van der Waals surface area contributed by atoms with Gasteiger partial charge in [0.1, 0.15) is 0 Å². The van der Waals surface area contributed by atoms with E-state index in [-0.39, 0.29) is 11.9 Å². The Morgan fingerprint density at radius 3 is 2.80 bits per heavy atom. The zero-order valence-electron chi connectivity index (χ0n) is 13.0. The number of hydrogen-bond donors (Lipinski definition) is 1. The molecule has 5 nitrogen and oxygen atoms in total. The molecule has 5 heteroatoms. The number of amides is 1. The Morgan fingerprint density at radius 1 is 1.55 bits per heavy atom. The number of nitrogens with two attached hydrogens (primary N) is 1. The second kappa shape index (κ2) is 5.95. The van der Waals surface area contributed by atoms with Crippen LogP contribution in [0.4, 0.5) is 0 Å². The van der Waals surface area contributed by atoms with Crippen LogP contribution in [-0.2, 0) is 7.05 Å². The molecule has 1 aromatic heterocycles. The number of likely N-dealkylation sites (tertiary alicyclic amines) is 1. The average Bonchev–Trinajstić information content (AvgIpc) is 2.80. The molecule has 1 aliphatic heterocycles. The zero-order chi connectivity index (χ0) is 14.9. The van der Waals surface area contributed by atoms with Gasteiger partial charge in [-0.3, -0.25) is 9.48 Å². The van der Waals surface area contributed by atoms with Gasteiger partial charge in [0, 0.05) is 31.9 Å². The average molecular weight is 278 g/mol. The molecular formula is C15H26N4O. The first-order chi connectivity index (χ1) is 9.43. The number of carbonyl (C=O) groups is 1. The van der Waals surface area contributed by atoms with Crippen molar-refractivity contribution in [3.8, 4) is 0 Å². The largest absolute Gasteiger partial charge is 0.333 e. The summed E-state index contributed by atoms with van der Waals surface area (Å²) in [5.74, 6) is 1.03. The summed E-state index contributed by atoms with van der Waals surface area (Å²) < 4.78 is 1.81. The minimum Gasteiger partial charge on any atom is -0.333 e. The summed E-state index contributed by atoms with van der Waals surface area (Å²) in [6, 6.07) is 2.06. The Labute approximate surface area is 121 Å². The monoisotopic (exact) mass is 278 g/mol. The summed E-state index contributed by atoms with van der Waals surface area (Å²) in [6.07, 6.45) is 2.04. The molecule has 2 atom stereocenters. The number of piperidine rings is 1. The van der Waals surface area contributed by atoms with Crippen LogP contribution in [0.2, 0.25) is 0 Å². The standard InChI is InChI=1S/C15H26N4O/c1-10(2)14-8-13(17-18(14)4)15(20)19-6-5-11(3)7-12(19)9-16/h8,10-12H,5-7,9,16H2,1-4H3. The van der Waals surface area contributed by atoms with E-state index in [2.05, 4.69) is 25.9 Å². The second-order valence-electron chi connectivity index (χ2n) is 6.25. The van der Waals surface area contributed by atoms with E-state index >= 15 is 0 Å². The van der Waals surface area contributed by atoms with E-state index in [1.165, 1.54) is 0 Å². The van der Waals surface area contributed by atoms with Crippen LogP contribution < -0.4 is 5.73 Å². The topological polar surface area (TPSA) is 64.2 Å². The molecule has 112 valence electrons. The fourth-order valence-electron chi connectivity index (χ4n) is 3.02. The third-order valence-electron chi connectivity index (χ3n) is 4.24. The van der Waals surface area contributed by atoms with E-state index in [0.717, 1.165) is 25.1 Å². The van der Waals surface area contributed by atoms with Crippen molar-refractivity contribution in [2.24, 2.45) is 18.7 Å². The minimum absolute atomic E-state index is 0.0230. The Morgan fingerprint density at radius 2 is 2.25 bits per heavy atom. The van der Waals surface area contributed by atoms with Gasteiger partial charge in [-0.05, 0) is 30.7 Å². The van der Waals surface area contributed by atoms with Crippen LogP contribution in [0.1, 0.15) is 55.7 Å². The summed E-state index contributed by atoms with van der Waals surface area (Å²) in [4.78, 5) is 14.6. The van der Waals surface area contributed by atoms with Gasteiger partial charge in [-0.2, -0.15) is 5.10 Å². The number of rotatable bonds is 3. The highest BCUT2D eigenvalue weighted by Gasteiger charge is 2.31. The van der Waals surface area contributed by atoms with Crippen LogP contribution >= 0.6 is 0 Å². The second-order valence-corrected chi connectivity index (χ2v) is 6.25. The molecule has 0 saturated carbocycles. The minimum atomic E-state index is 0.0230. The van der Waals surface area contributed by atoms with Crippen molar-refractivity contribution < 1.29 is 4.79 Å². The normalized spacial score (nSPS) is 23.4. The van der Waals surface area contributed by atoms with Crippen molar-refractivity contribution in [3.05, 3.63) is 17.5 Å². The van der Waals surface area contributed by atoms with E-state index in [1.54, 1.807) is 0 Å². The molecule has 1 aromatic rings. The van der Waals surface area contributed by atoms with Crippen LogP contribution in [0.25, 0.3) is 0 Å². The van der Waals surface area contributed by atoms with Crippen LogP contribution in [-0.4, -0.2) is 39.7 Å². The van der Waals surface area contributed by atoms with Gasteiger partial charge < -0.3 is 10.6 Å². The SMILES string of the molecule is CC1CCN(C(=O)c2cc(C(C)C)n(C)n2)C(CN)C1. The summed E-state index contributed by atoms with van der Waals surface area (Å²) >= 11 is 0. The molecule has 0 spiro atoms. The Balaban J connectivity index is 2.20. The number of aryl methyl sites for hydroxylation is 1. The summed E-state index contributed by atoms with van der Waals surface area (Å²) in [5, 5.41) is 4.38. The van der Waals surface area contributed by atoms with E-state index in [4.69, 9.17) is 5.73 Å². The Kier molecular flexibility index (Phi) is 4.48. The maximum atomic E-state index is 12.7. The molecule has 0 aromatic carbocycles. The van der Waals surface area contributed by atoms with Gasteiger partial charge in [0.25, 0.3) is 5.91 Å². The van der Waals surface area contributed by atoms with Gasteiger partial charge in [0.15, 0.2) is 5.69 Å². The predicted molar refractivity (Wildman–Crippen MR) is 79.6 cm³/mol. The Bertz CT molecular complexity index is 480. The molecule has 2 heterocycles. The van der Waals surface area contributed by atoms with Crippen molar-refractivity contribution in [2.45, 2.75) is 45.6 Å². The lowest BCUT2D eigenvalue weighted by Crippen LogP contribution is -2.49. The van der Waals surface area contributed by atoms with E-state index < -0.39 is 0 Å². The number of hydrogen-bond acceptors (Lipinski definition) is 3. The molecule has 0 aliphatic carbocycles. The first-order valence-electron chi connectivity index (χ1n) is 7.49. The molecule has 0 radical (unpaired) electrons. The van der Waals surface area contributed by atoms with Crippen LogP contribution in [0.15, 0.2) is 6.07 Å². The molecule has 2 N–H and O–H groups in total. The molecular weight excluding hydrogens is 252 g/mol. The van der Waals surface area contributed by atoms with Gasteiger partial charge >= 0.3 is 0 Å². The van der Waals surface area contributed by atoms with Crippen molar-refractivity contribution in [1.82, 2.24) is 14.7 Å². The van der Waals surface area contributed by atoms with E-state index in [0.29, 0.717) is 24.1 Å². The first kappa shape index (κ1) is 15.0. The zero-order valence-corrected chi connectivity index (χ0v) is 13.0. The molecule has 20 heavy (non-hydrogen) atoms. The van der Waals surface area contributed by atoms with Gasteiger partial charge in [0.05, 0.1) is 0 Å². The van der Waals surface area contributed by atoms with Gasteiger partial charge in [-0.1, -0.05) is 20.8 Å². The fraction of sp³-hybridized carbons (Fsp3) is 0.733. The maximum absolute atomic E-state index is 12.7. The maximum Gasteiger partial charge on any atom is 0.274 e. The van der Waals surface area contributed by atoms with Gasteiger partial charge in [0.2, 0.25) is 0 Å². The van der Waals surface area contributed by atoms with Crippen molar-refractivity contribution in [1.29, 1.82) is 0 Å². The Hall–Kier alpha value is -1.36. The van der Waals surface area contributed by atoms with Crippen LogP contribution in [0, 0.1) is 5.92 Å². The van der Waals surface area contributed by atoms with Crippen molar-refractivity contribution in [2.75, 3.05) is 13.1 Å². The third-order valence-corrected chi connectivity index (χ3v) is 4.24. The lowest BCUT2D eigenvalue weighted by atomic mass is 9.92. The first-order valence-corrected chi connectivity index (χ1v) is 7.49. The lowest BCUT2D eigenvalue weighted by Gasteiger charge is -2.37. The summed E-state index contributed by atoms with van der Waals surface area (Å²) in [5.41, 5.74) is 7.47. The predicted octanol–water partition coefficient (Wildman–Crippen LogP) is 1.74. The van der Waals surface area contributed by atoms with Gasteiger partial charge in [-0.15, -0.1) is 0 Å². The molecule has 1 aliphatic rings. The van der Waals surface area contributed by atoms with Crippen molar-refractivity contribution in [3.63, 3.8) is 0 Å². The number of carbonyl (C=O) groups excluding carboxylic acids is 1. The molecule has 1 fully saturated rings. The number of nitrogens with zero attached hydrogens (tertiary/aromatic N) is 3. The van der Waals surface area contributed by atoms with E-state index in [1.807, 2.05) is 22.7 Å². The third kappa shape index (κ3) is 2.87. The highest BCUT2D eigenvalue weighted by atomic mass is 16.2. The van der Waals surface area contributed by atoms with Gasteiger partial charge in [-0.25, -0.2) is 0 Å². The van der Waals surface area contributed by atoms with Crippen LogP contribution in [0.3, 0.4) is 0 Å².